The maximum atomic E-state index is 7.25. The molecule has 3 N–H and O–H groups in total. The van der Waals surface area contributed by atoms with Crippen LogP contribution in [0.25, 0.3) is 5.59 Å². The molecule has 5 heteroatoms. The molecular formula is H3ClN2ORu. The van der Waals surface area contributed by atoms with Crippen molar-refractivity contribution in [3.8, 4) is 0 Å². The van der Waals surface area contributed by atoms with Gasteiger partial charge in [-0.2, -0.15) is 0 Å². The molecule has 0 amide bonds. The summed E-state index contributed by atoms with van der Waals surface area (Å²) in [5.74, 6) is 0. The maximum absolute atomic E-state index is 7.25. The molecule has 0 unspecified atom stereocenters. The second-order valence-electron chi connectivity index (χ2n) is 0. The van der Waals surface area contributed by atoms with Gasteiger partial charge in [0.2, 0.25) is 0 Å². The summed E-state index contributed by atoms with van der Waals surface area (Å²) < 4.78 is 0. The Balaban J connectivity index is -0.0000000133. The van der Waals surface area contributed by atoms with Crippen LogP contribution < -0.4 is 6.15 Å². The van der Waals surface area contributed by atoms with Crippen molar-refractivity contribution in [3.05, 3.63) is 10.5 Å². The Bertz CT molecular complexity index is 9.61. The number of nitroso groups, excluding NO2 is 1. The van der Waals surface area contributed by atoms with Crippen LogP contribution in [0.3, 0.4) is 0 Å². The SMILES string of the molecule is N.[Cl][Ru+].[N-]=O. The molecule has 0 aromatic rings. The Kier molecular flexibility index (Phi) is 862. The third kappa shape index (κ3) is 122. The summed E-state index contributed by atoms with van der Waals surface area (Å²) in [6.07, 6.45) is 0. The number of hydrogen-bond donors (Lipinski definition) is 1. The molecule has 0 spiro atoms. The second kappa shape index (κ2) is 241. The number of hydrogen-bond acceptors (Lipinski definition) is 2. The van der Waals surface area contributed by atoms with Crippen LogP contribution in [-0.4, -0.2) is 0 Å². The molecule has 3 nitrogen and oxygen atoms in total. The molecule has 0 aliphatic heterocycles. The van der Waals surface area contributed by atoms with Gasteiger partial charge in [-0.05, 0) is 0 Å². The normalized spacial score (nSPS) is 2.00. The van der Waals surface area contributed by atoms with Crippen molar-refractivity contribution in [1.29, 1.82) is 0 Å². The van der Waals surface area contributed by atoms with E-state index < -0.39 is 0 Å². The van der Waals surface area contributed by atoms with Crippen molar-refractivity contribution in [2.45, 2.75) is 0 Å². The molecule has 34 valence electrons. The van der Waals surface area contributed by atoms with E-state index in [4.69, 9.17) is 10.5 Å². The first-order valence-corrected chi connectivity index (χ1v) is 2.55. The summed E-state index contributed by atoms with van der Waals surface area (Å²) in [7, 11) is 4.57. The molecule has 5 heavy (non-hydrogen) atoms. The van der Waals surface area contributed by atoms with Gasteiger partial charge in [-0.3, -0.25) is 0 Å². The van der Waals surface area contributed by atoms with Crippen molar-refractivity contribution in [2.75, 3.05) is 0 Å². The van der Waals surface area contributed by atoms with E-state index in [0.717, 1.165) is 0 Å². The Morgan fingerprint density at radius 1 is 1.40 bits per heavy atom. The van der Waals surface area contributed by atoms with Gasteiger partial charge >= 0.3 is 27.0 Å². The van der Waals surface area contributed by atoms with Crippen molar-refractivity contribution in [3.63, 3.8) is 0 Å². The molecule has 0 fully saturated rings. The van der Waals surface area contributed by atoms with Crippen LogP contribution in [0.15, 0.2) is 0 Å². The fraction of sp³-hybridized carbons (Fsp3) is 0. The third-order valence-corrected chi connectivity index (χ3v) is 0. The number of nitrogens with zero attached hydrogens (tertiary/aromatic N) is 1. The Hall–Kier alpha value is 0.473. The van der Waals surface area contributed by atoms with Crippen molar-refractivity contribution < 1.29 is 17.3 Å². The van der Waals surface area contributed by atoms with E-state index in [0.29, 0.717) is 0 Å². The average molecular weight is 184 g/mol. The van der Waals surface area contributed by atoms with Gasteiger partial charge in [-0.15, -0.1) is 0 Å². The number of halogens is 1. The average Bonchev–Trinajstić information content (AvgIpc) is 1.50. The van der Waals surface area contributed by atoms with Crippen LogP contribution in [0, 0.1) is 4.91 Å². The van der Waals surface area contributed by atoms with Crippen LogP contribution >= 0.6 is 9.69 Å². The van der Waals surface area contributed by atoms with E-state index in [1.807, 2.05) is 17.3 Å². The zero-order valence-electron chi connectivity index (χ0n) is 2.29. The summed E-state index contributed by atoms with van der Waals surface area (Å²) in [5.41, 5.74) is 5.75. The van der Waals surface area contributed by atoms with Gasteiger partial charge in [0.1, 0.15) is 0 Å². The van der Waals surface area contributed by atoms with E-state index >= 15 is 0 Å². The topological polar surface area (TPSA) is 74.4 Å². The van der Waals surface area contributed by atoms with Gasteiger partial charge < -0.3 is 16.7 Å². The molecule has 0 aromatic carbocycles. The number of rotatable bonds is 0. The van der Waals surface area contributed by atoms with E-state index in [-0.39, 0.29) is 6.15 Å². The summed E-state index contributed by atoms with van der Waals surface area (Å²) in [6, 6.07) is 0. The molecule has 0 aliphatic carbocycles. The van der Waals surface area contributed by atoms with Crippen molar-refractivity contribution >= 4 is 9.69 Å². The van der Waals surface area contributed by atoms with Gasteiger partial charge in [-0.1, -0.05) is 0 Å². The Morgan fingerprint density at radius 2 is 1.40 bits per heavy atom. The molecule has 0 aliphatic rings. The van der Waals surface area contributed by atoms with Gasteiger partial charge in [0.25, 0.3) is 0 Å². The standard InChI is InChI=1S/ClH.NO.H3N.Ru/c;1-2;;/h1H;;1H3;/q;-1;;+2/p-1. The zero-order valence-corrected chi connectivity index (χ0v) is 4.79. The Morgan fingerprint density at radius 3 is 1.40 bits per heavy atom. The molecule has 0 rings (SSSR count). The minimum Gasteiger partial charge on any atom is -0.577 e. The minimum atomic E-state index is 0. The van der Waals surface area contributed by atoms with Crippen LogP contribution in [0.1, 0.15) is 0 Å². The maximum Gasteiger partial charge on any atom is -0.423 e. The molecule has 0 saturated carbocycles. The smallest absolute Gasteiger partial charge is 0.423 e. The van der Waals surface area contributed by atoms with Crippen molar-refractivity contribution in [2.24, 2.45) is 0 Å². The van der Waals surface area contributed by atoms with Crippen LogP contribution in [-0.2, 0) is 17.3 Å². The van der Waals surface area contributed by atoms with E-state index in [1.165, 1.54) is 0 Å². The summed E-state index contributed by atoms with van der Waals surface area (Å²) >= 11 is 1.82. The summed E-state index contributed by atoms with van der Waals surface area (Å²) in [5, 5.41) is 0. The zero-order chi connectivity index (χ0) is 4.00. The van der Waals surface area contributed by atoms with Gasteiger partial charge in [0.15, 0.2) is 0 Å². The van der Waals surface area contributed by atoms with Crippen molar-refractivity contribution in [1.82, 2.24) is 6.15 Å². The van der Waals surface area contributed by atoms with E-state index in [2.05, 4.69) is 9.69 Å². The molecule has 0 radical (unpaired) electrons. The summed E-state index contributed by atoms with van der Waals surface area (Å²) in [6.45, 7) is 0. The fourth-order valence-electron chi connectivity index (χ4n) is 0. The monoisotopic (exact) mass is 184 g/mol. The molecule has 0 saturated heterocycles. The second-order valence-corrected chi connectivity index (χ2v) is 0. The third-order valence-electron chi connectivity index (χ3n) is 0. The van der Waals surface area contributed by atoms with Gasteiger partial charge in [0.05, 0.1) is 0 Å². The van der Waals surface area contributed by atoms with E-state index in [9.17, 15) is 0 Å². The quantitative estimate of drug-likeness (QED) is 0.573. The van der Waals surface area contributed by atoms with E-state index in [1.54, 1.807) is 0 Å². The summed E-state index contributed by atoms with van der Waals surface area (Å²) in [4.78, 5) is 7.25. The van der Waals surface area contributed by atoms with Gasteiger partial charge in [-0.25, -0.2) is 0 Å². The van der Waals surface area contributed by atoms with Gasteiger partial charge in [0, 0.05) is 0 Å². The first-order chi connectivity index (χ1) is 2.00. The first kappa shape index (κ1) is 17.9. The fourth-order valence-corrected chi connectivity index (χ4v) is 0. The molecule has 0 atom stereocenters. The molecule has 0 heterocycles. The molecule has 0 aromatic heterocycles. The minimum absolute atomic E-state index is 0. The Labute approximate surface area is 44.1 Å². The van der Waals surface area contributed by atoms with Crippen LogP contribution in [0.5, 0.6) is 0 Å². The molecule has 0 bridgehead atoms. The van der Waals surface area contributed by atoms with Crippen LogP contribution in [0.2, 0.25) is 0 Å². The predicted octanol–water partition coefficient (Wildman–Crippen LogP) is 1.17. The molecular weight excluding hydrogens is 181 g/mol. The largest absolute Gasteiger partial charge is 0.577 e. The predicted molar refractivity (Wildman–Crippen MR) is 17.6 cm³/mol. The van der Waals surface area contributed by atoms with Crippen LogP contribution in [0.4, 0.5) is 0 Å². The first-order valence-electron chi connectivity index (χ1n) is 0.316.